The van der Waals surface area contributed by atoms with Crippen LogP contribution in [0.1, 0.15) is 17.2 Å². The lowest BCUT2D eigenvalue weighted by atomic mass is 10.0. The van der Waals surface area contributed by atoms with Gasteiger partial charge in [-0.3, -0.25) is 0 Å². The Morgan fingerprint density at radius 2 is 1.96 bits per heavy atom. The van der Waals surface area contributed by atoms with Crippen LogP contribution in [0.3, 0.4) is 0 Å². The molecule has 3 rings (SSSR count). The molecular formula is C18H19N5O2. The molecule has 2 amide bonds. The average Bonchev–Trinajstić information content (AvgIpc) is 3.15. The van der Waals surface area contributed by atoms with E-state index in [4.69, 9.17) is 0 Å². The third-order valence-electron chi connectivity index (χ3n) is 3.82. The first kappa shape index (κ1) is 16.7. The maximum atomic E-state index is 12.0. The molecule has 1 unspecified atom stereocenters. The molecule has 0 saturated heterocycles. The van der Waals surface area contributed by atoms with Crippen molar-refractivity contribution in [3.05, 3.63) is 72.1 Å². The van der Waals surface area contributed by atoms with E-state index in [0.29, 0.717) is 5.69 Å². The highest BCUT2D eigenvalue weighted by Crippen LogP contribution is 2.16. The number of aromatic nitrogens is 3. The highest BCUT2D eigenvalue weighted by molar-refractivity contribution is 5.89. The number of carbonyl (C=O) groups excluding carboxylic acids is 1. The number of nitrogens with zero attached hydrogens (tertiary/aromatic N) is 3. The van der Waals surface area contributed by atoms with Crippen LogP contribution in [-0.4, -0.2) is 32.7 Å². The van der Waals surface area contributed by atoms with E-state index in [1.165, 1.54) is 0 Å². The van der Waals surface area contributed by atoms with Crippen LogP contribution < -0.4 is 10.6 Å². The number of hydrogen-bond acceptors (Lipinski definition) is 4. The van der Waals surface area contributed by atoms with Gasteiger partial charge in [0.05, 0.1) is 24.2 Å². The first-order valence-electron chi connectivity index (χ1n) is 7.88. The van der Waals surface area contributed by atoms with Gasteiger partial charge in [-0.1, -0.05) is 29.5 Å². The summed E-state index contributed by atoms with van der Waals surface area (Å²) >= 11 is 0. The van der Waals surface area contributed by atoms with Crippen LogP contribution in [0.15, 0.2) is 60.9 Å². The van der Waals surface area contributed by atoms with E-state index in [-0.39, 0.29) is 12.6 Å². The number of anilines is 1. The predicted molar refractivity (Wildman–Crippen MR) is 94.5 cm³/mol. The molecule has 0 spiro atoms. The predicted octanol–water partition coefficient (Wildman–Crippen LogP) is 2.43. The van der Waals surface area contributed by atoms with Gasteiger partial charge in [0, 0.05) is 12.2 Å². The number of nitrogens with one attached hydrogen (secondary N) is 2. The number of benzene rings is 2. The van der Waals surface area contributed by atoms with E-state index >= 15 is 0 Å². The van der Waals surface area contributed by atoms with E-state index in [1.54, 1.807) is 29.2 Å². The minimum absolute atomic E-state index is 0.133. The first-order chi connectivity index (χ1) is 12.1. The van der Waals surface area contributed by atoms with Crippen molar-refractivity contribution in [1.29, 1.82) is 0 Å². The quantitative estimate of drug-likeness (QED) is 0.667. The molecule has 0 bridgehead atoms. The summed E-state index contributed by atoms with van der Waals surface area (Å²) in [6.07, 6.45) is 2.59. The van der Waals surface area contributed by atoms with Crippen molar-refractivity contribution < 1.29 is 9.90 Å². The summed E-state index contributed by atoms with van der Waals surface area (Å²) in [5.74, 6) is 0. The summed E-state index contributed by atoms with van der Waals surface area (Å²) in [4.78, 5) is 12.0. The van der Waals surface area contributed by atoms with Crippen molar-refractivity contribution in [2.24, 2.45) is 0 Å². The molecule has 7 heteroatoms. The standard InChI is InChI=1S/C18H19N5O2/c1-13-4-2-3-5-16(13)17(24)12-19-18(25)21-14-6-8-15(9-7-14)23-11-10-20-22-23/h2-11,17,24H,12H2,1H3,(H2,19,21,25). The van der Waals surface area contributed by atoms with Gasteiger partial charge in [-0.25, -0.2) is 9.48 Å². The van der Waals surface area contributed by atoms with E-state index in [1.807, 2.05) is 43.3 Å². The second-order valence-corrected chi connectivity index (χ2v) is 5.60. The molecule has 0 fully saturated rings. The van der Waals surface area contributed by atoms with E-state index in [2.05, 4.69) is 20.9 Å². The maximum absolute atomic E-state index is 12.0. The van der Waals surface area contributed by atoms with Crippen molar-refractivity contribution in [1.82, 2.24) is 20.3 Å². The van der Waals surface area contributed by atoms with E-state index in [0.717, 1.165) is 16.8 Å². The van der Waals surface area contributed by atoms with Crippen molar-refractivity contribution in [3.8, 4) is 5.69 Å². The monoisotopic (exact) mass is 337 g/mol. The maximum Gasteiger partial charge on any atom is 0.319 e. The highest BCUT2D eigenvalue weighted by Gasteiger charge is 2.11. The molecule has 1 heterocycles. The van der Waals surface area contributed by atoms with Gasteiger partial charge in [-0.05, 0) is 42.3 Å². The van der Waals surface area contributed by atoms with Gasteiger partial charge in [0.2, 0.25) is 0 Å². The molecule has 25 heavy (non-hydrogen) atoms. The van der Waals surface area contributed by atoms with Gasteiger partial charge in [-0.15, -0.1) is 5.10 Å². The second-order valence-electron chi connectivity index (χ2n) is 5.60. The number of rotatable bonds is 5. The number of aryl methyl sites for hydroxylation is 1. The largest absolute Gasteiger partial charge is 0.387 e. The van der Waals surface area contributed by atoms with Gasteiger partial charge in [0.25, 0.3) is 0 Å². The van der Waals surface area contributed by atoms with Crippen LogP contribution >= 0.6 is 0 Å². The zero-order chi connectivity index (χ0) is 17.6. The van der Waals surface area contributed by atoms with Crippen molar-refractivity contribution in [2.45, 2.75) is 13.0 Å². The van der Waals surface area contributed by atoms with Crippen LogP contribution in [0.4, 0.5) is 10.5 Å². The molecule has 128 valence electrons. The van der Waals surface area contributed by atoms with Crippen molar-refractivity contribution in [3.63, 3.8) is 0 Å². The minimum Gasteiger partial charge on any atom is -0.387 e. The summed E-state index contributed by atoms with van der Waals surface area (Å²) in [7, 11) is 0. The molecule has 1 atom stereocenters. The van der Waals surface area contributed by atoms with Crippen LogP contribution in [-0.2, 0) is 0 Å². The Balaban J connectivity index is 1.53. The van der Waals surface area contributed by atoms with Crippen LogP contribution in [0.25, 0.3) is 5.69 Å². The third kappa shape index (κ3) is 4.21. The molecule has 0 saturated carbocycles. The van der Waals surface area contributed by atoms with Gasteiger partial charge in [-0.2, -0.15) is 0 Å². The van der Waals surface area contributed by atoms with E-state index < -0.39 is 6.10 Å². The number of amides is 2. The molecule has 2 aromatic carbocycles. The Morgan fingerprint density at radius 3 is 2.64 bits per heavy atom. The number of carbonyl (C=O) groups is 1. The Bertz CT molecular complexity index is 831. The van der Waals surface area contributed by atoms with Gasteiger partial charge in [0.1, 0.15) is 0 Å². The van der Waals surface area contributed by atoms with Crippen molar-refractivity contribution in [2.75, 3.05) is 11.9 Å². The SMILES string of the molecule is Cc1ccccc1C(O)CNC(=O)Nc1ccc(-n2ccnn2)cc1. The smallest absolute Gasteiger partial charge is 0.319 e. The molecule has 3 N–H and O–H groups in total. The Hall–Kier alpha value is -3.19. The number of urea groups is 1. The van der Waals surface area contributed by atoms with Crippen LogP contribution in [0, 0.1) is 6.92 Å². The molecular weight excluding hydrogens is 318 g/mol. The summed E-state index contributed by atoms with van der Waals surface area (Å²) in [5.41, 5.74) is 3.28. The van der Waals surface area contributed by atoms with Crippen LogP contribution in [0.5, 0.6) is 0 Å². The zero-order valence-electron chi connectivity index (χ0n) is 13.8. The molecule has 0 aliphatic carbocycles. The summed E-state index contributed by atoms with van der Waals surface area (Å²) < 4.78 is 1.63. The summed E-state index contributed by atoms with van der Waals surface area (Å²) in [6.45, 7) is 2.06. The molecule has 3 aromatic rings. The Kier molecular flexibility index (Phi) is 5.06. The fourth-order valence-corrected chi connectivity index (χ4v) is 2.48. The molecule has 0 aliphatic rings. The number of aliphatic hydroxyl groups excluding tert-OH is 1. The fraction of sp³-hybridized carbons (Fsp3) is 0.167. The summed E-state index contributed by atoms with van der Waals surface area (Å²) in [6, 6.07) is 14.4. The Morgan fingerprint density at radius 1 is 1.20 bits per heavy atom. The zero-order valence-corrected chi connectivity index (χ0v) is 13.8. The highest BCUT2D eigenvalue weighted by atomic mass is 16.3. The lowest BCUT2D eigenvalue weighted by Gasteiger charge is -2.15. The molecule has 7 nitrogen and oxygen atoms in total. The summed E-state index contributed by atoms with van der Waals surface area (Å²) in [5, 5.41) is 23.3. The first-order valence-corrected chi connectivity index (χ1v) is 7.88. The number of hydrogen-bond donors (Lipinski definition) is 3. The van der Waals surface area contributed by atoms with Crippen molar-refractivity contribution >= 4 is 11.7 Å². The molecule has 0 radical (unpaired) electrons. The van der Waals surface area contributed by atoms with Gasteiger partial charge in [0.15, 0.2) is 0 Å². The lowest BCUT2D eigenvalue weighted by Crippen LogP contribution is -2.32. The topological polar surface area (TPSA) is 92.1 Å². The lowest BCUT2D eigenvalue weighted by molar-refractivity contribution is 0.174. The molecule has 0 aliphatic heterocycles. The Labute approximate surface area is 145 Å². The molecule has 1 aromatic heterocycles. The fourth-order valence-electron chi connectivity index (χ4n) is 2.48. The van der Waals surface area contributed by atoms with Gasteiger partial charge < -0.3 is 15.7 Å². The number of aliphatic hydroxyl groups is 1. The van der Waals surface area contributed by atoms with Gasteiger partial charge >= 0.3 is 6.03 Å². The normalized spacial score (nSPS) is 11.8. The van der Waals surface area contributed by atoms with E-state index in [9.17, 15) is 9.90 Å². The average molecular weight is 337 g/mol. The minimum atomic E-state index is -0.748. The third-order valence-corrected chi connectivity index (χ3v) is 3.82. The van der Waals surface area contributed by atoms with Crippen LogP contribution in [0.2, 0.25) is 0 Å². The second kappa shape index (κ2) is 7.59.